The van der Waals surface area contributed by atoms with E-state index in [1.165, 1.54) is 11.1 Å². The van der Waals surface area contributed by atoms with E-state index in [2.05, 4.69) is 4.98 Å². The van der Waals surface area contributed by atoms with E-state index in [1.54, 1.807) is 26.1 Å². The van der Waals surface area contributed by atoms with Gasteiger partial charge in [0, 0.05) is 19.8 Å². The molecule has 1 N–H and O–H groups in total. The second-order valence-corrected chi connectivity index (χ2v) is 3.73. The van der Waals surface area contributed by atoms with Crippen LogP contribution in [0.5, 0.6) is 0 Å². The SMILES string of the molecule is CC(O)CN(C)C(=O)c1cccnc1Cl. The van der Waals surface area contributed by atoms with Crippen molar-refractivity contribution in [1.82, 2.24) is 9.88 Å². The van der Waals surface area contributed by atoms with Crippen LogP contribution in [0.15, 0.2) is 18.3 Å². The number of aromatic nitrogens is 1. The van der Waals surface area contributed by atoms with E-state index in [1.807, 2.05) is 0 Å². The lowest BCUT2D eigenvalue weighted by Crippen LogP contribution is -2.33. The molecule has 0 aliphatic heterocycles. The van der Waals surface area contributed by atoms with Gasteiger partial charge in [-0.05, 0) is 19.1 Å². The number of pyridine rings is 1. The largest absolute Gasteiger partial charge is 0.392 e. The van der Waals surface area contributed by atoms with E-state index < -0.39 is 6.10 Å². The van der Waals surface area contributed by atoms with Crippen LogP contribution in [0.25, 0.3) is 0 Å². The van der Waals surface area contributed by atoms with Gasteiger partial charge >= 0.3 is 0 Å². The van der Waals surface area contributed by atoms with E-state index >= 15 is 0 Å². The van der Waals surface area contributed by atoms with Crippen molar-refractivity contribution in [3.05, 3.63) is 29.0 Å². The standard InChI is InChI=1S/C10H13ClN2O2/c1-7(14)6-13(2)10(15)8-4-3-5-12-9(8)11/h3-5,7,14H,6H2,1-2H3. The summed E-state index contributed by atoms with van der Waals surface area (Å²) in [7, 11) is 1.61. The predicted molar refractivity (Wildman–Crippen MR) is 57.9 cm³/mol. The summed E-state index contributed by atoms with van der Waals surface area (Å²) >= 11 is 5.78. The molecular weight excluding hydrogens is 216 g/mol. The summed E-state index contributed by atoms with van der Waals surface area (Å²) in [6.07, 6.45) is 0.961. The molecular formula is C10H13ClN2O2. The highest BCUT2D eigenvalue weighted by Gasteiger charge is 2.16. The van der Waals surface area contributed by atoms with E-state index in [0.29, 0.717) is 5.56 Å². The van der Waals surface area contributed by atoms with Crippen LogP contribution in [-0.2, 0) is 0 Å². The summed E-state index contributed by atoms with van der Waals surface area (Å²) < 4.78 is 0. The minimum Gasteiger partial charge on any atom is -0.392 e. The van der Waals surface area contributed by atoms with E-state index in [-0.39, 0.29) is 17.6 Å². The van der Waals surface area contributed by atoms with E-state index in [4.69, 9.17) is 16.7 Å². The minimum atomic E-state index is -0.561. The first-order valence-electron chi connectivity index (χ1n) is 4.56. The first kappa shape index (κ1) is 11.9. The van der Waals surface area contributed by atoms with Crippen molar-refractivity contribution in [1.29, 1.82) is 0 Å². The van der Waals surface area contributed by atoms with Crippen LogP contribution in [-0.4, -0.2) is 40.6 Å². The van der Waals surface area contributed by atoms with E-state index in [0.717, 1.165) is 0 Å². The molecule has 0 radical (unpaired) electrons. The van der Waals surface area contributed by atoms with Crippen molar-refractivity contribution in [3.63, 3.8) is 0 Å². The van der Waals surface area contributed by atoms with Crippen LogP contribution in [0.2, 0.25) is 5.15 Å². The smallest absolute Gasteiger partial charge is 0.256 e. The van der Waals surface area contributed by atoms with Gasteiger partial charge in [-0.15, -0.1) is 0 Å². The third kappa shape index (κ3) is 3.18. The number of rotatable bonds is 3. The molecule has 1 rings (SSSR count). The average molecular weight is 229 g/mol. The van der Waals surface area contributed by atoms with Crippen LogP contribution in [0, 0.1) is 0 Å². The predicted octanol–water partition coefficient (Wildman–Crippen LogP) is 1.19. The number of aliphatic hydroxyl groups excluding tert-OH is 1. The first-order chi connectivity index (χ1) is 7.02. The fraction of sp³-hybridized carbons (Fsp3) is 0.400. The summed E-state index contributed by atoms with van der Waals surface area (Å²) in [4.78, 5) is 17.0. The molecule has 1 aromatic heterocycles. The summed E-state index contributed by atoms with van der Waals surface area (Å²) in [6, 6.07) is 3.26. The number of halogens is 1. The fourth-order valence-electron chi connectivity index (χ4n) is 1.23. The number of aliphatic hydroxyl groups is 1. The Morgan fingerprint density at radius 1 is 1.73 bits per heavy atom. The van der Waals surface area contributed by atoms with Gasteiger partial charge in [0.05, 0.1) is 11.7 Å². The Bertz CT molecular complexity index is 355. The molecule has 5 heteroatoms. The molecule has 0 spiro atoms. The molecule has 0 bridgehead atoms. The molecule has 0 aliphatic rings. The quantitative estimate of drug-likeness (QED) is 0.791. The van der Waals surface area contributed by atoms with Gasteiger partial charge in [0.25, 0.3) is 5.91 Å². The molecule has 0 fully saturated rings. The lowest BCUT2D eigenvalue weighted by Gasteiger charge is -2.18. The van der Waals surface area contributed by atoms with Gasteiger partial charge in [0.1, 0.15) is 5.15 Å². The lowest BCUT2D eigenvalue weighted by molar-refractivity contribution is 0.0703. The first-order valence-corrected chi connectivity index (χ1v) is 4.94. The highest BCUT2D eigenvalue weighted by molar-refractivity contribution is 6.32. The highest BCUT2D eigenvalue weighted by Crippen LogP contribution is 2.13. The number of likely N-dealkylation sites (N-methyl/N-ethyl adjacent to an activating group) is 1. The topological polar surface area (TPSA) is 53.4 Å². The molecule has 1 atom stereocenters. The summed E-state index contributed by atoms with van der Waals surface area (Å²) in [6.45, 7) is 1.89. The van der Waals surface area contributed by atoms with Gasteiger partial charge in [-0.1, -0.05) is 11.6 Å². The highest BCUT2D eigenvalue weighted by atomic mass is 35.5. The maximum atomic E-state index is 11.8. The number of nitrogens with zero attached hydrogens (tertiary/aromatic N) is 2. The molecule has 0 saturated heterocycles. The zero-order valence-corrected chi connectivity index (χ0v) is 9.40. The van der Waals surface area contributed by atoms with Crippen LogP contribution in [0.1, 0.15) is 17.3 Å². The number of amides is 1. The summed E-state index contributed by atoms with van der Waals surface area (Å²) in [5.41, 5.74) is 0.349. The molecule has 0 saturated carbocycles. The van der Waals surface area contributed by atoms with Crippen molar-refractivity contribution in [3.8, 4) is 0 Å². The molecule has 4 nitrogen and oxygen atoms in total. The van der Waals surface area contributed by atoms with Crippen molar-refractivity contribution in [2.75, 3.05) is 13.6 Å². The van der Waals surface area contributed by atoms with Crippen molar-refractivity contribution in [2.24, 2.45) is 0 Å². The van der Waals surface area contributed by atoms with E-state index in [9.17, 15) is 4.79 Å². The molecule has 1 amide bonds. The van der Waals surface area contributed by atoms with Gasteiger partial charge < -0.3 is 10.0 Å². The zero-order valence-electron chi connectivity index (χ0n) is 8.64. The lowest BCUT2D eigenvalue weighted by atomic mass is 10.2. The van der Waals surface area contributed by atoms with Crippen LogP contribution >= 0.6 is 11.6 Å². The third-order valence-electron chi connectivity index (χ3n) is 1.87. The van der Waals surface area contributed by atoms with Gasteiger partial charge in [-0.3, -0.25) is 4.79 Å². The van der Waals surface area contributed by atoms with Crippen LogP contribution < -0.4 is 0 Å². The van der Waals surface area contributed by atoms with Crippen molar-refractivity contribution >= 4 is 17.5 Å². The Morgan fingerprint density at radius 2 is 2.40 bits per heavy atom. The Morgan fingerprint density at radius 3 is 2.93 bits per heavy atom. The maximum Gasteiger partial charge on any atom is 0.256 e. The van der Waals surface area contributed by atoms with Crippen molar-refractivity contribution in [2.45, 2.75) is 13.0 Å². The van der Waals surface area contributed by atoms with Gasteiger partial charge in [-0.25, -0.2) is 4.98 Å². The average Bonchev–Trinajstić information content (AvgIpc) is 2.16. The molecule has 15 heavy (non-hydrogen) atoms. The number of carbonyl (C=O) groups excluding carboxylic acids is 1. The zero-order chi connectivity index (χ0) is 11.4. The molecule has 1 heterocycles. The van der Waals surface area contributed by atoms with Crippen LogP contribution in [0.3, 0.4) is 0 Å². The Hall–Kier alpha value is -1.13. The Balaban J connectivity index is 2.81. The van der Waals surface area contributed by atoms with Crippen LogP contribution in [0.4, 0.5) is 0 Å². The van der Waals surface area contributed by atoms with Gasteiger partial charge in [0.2, 0.25) is 0 Å². The molecule has 82 valence electrons. The second-order valence-electron chi connectivity index (χ2n) is 3.38. The van der Waals surface area contributed by atoms with Crippen molar-refractivity contribution < 1.29 is 9.90 Å². The monoisotopic (exact) mass is 228 g/mol. The third-order valence-corrected chi connectivity index (χ3v) is 2.18. The molecule has 1 unspecified atom stereocenters. The number of carbonyl (C=O) groups is 1. The summed E-state index contributed by atoms with van der Waals surface area (Å²) in [5.74, 6) is -0.242. The minimum absolute atomic E-state index is 0.181. The molecule has 0 aliphatic carbocycles. The Labute approximate surface area is 93.5 Å². The fourth-order valence-corrected chi connectivity index (χ4v) is 1.43. The van der Waals surface area contributed by atoms with Gasteiger partial charge in [-0.2, -0.15) is 0 Å². The maximum absolute atomic E-state index is 11.8. The molecule has 1 aromatic rings. The molecule has 0 aromatic carbocycles. The second kappa shape index (κ2) is 5.09. The van der Waals surface area contributed by atoms with Gasteiger partial charge in [0.15, 0.2) is 0 Å². The summed E-state index contributed by atoms with van der Waals surface area (Å²) in [5, 5.41) is 9.33. The normalized spacial score (nSPS) is 12.3. The number of hydrogen-bond donors (Lipinski definition) is 1. The Kier molecular flexibility index (Phi) is 4.05. The number of hydrogen-bond acceptors (Lipinski definition) is 3.